The van der Waals surface area contributed by atoms with Crippen LogP contribution in [0, 0.1) is 0 Å². The fraction of sp³-hybridized carbons (Fsp3) is 1.00. The lowest BCUT2D eigenvalue weighted by Crippen LogP contribution is -2.41. The van der Waals surface area contributed by atoms with Gasteiger partial charge in [-0.1, -0.05) is 32.1 Å². The summed E-state index contributed by atoms with van der Waals surface area (Å²) >= 11 is 0. The molecule has 0 atom stereocenters. The summed E-state index contributed by atoms with van der Waals surface area (Å²) in [6.07, 6.45) is 9.35. The summed E-state index contributed by atoms with van der Waals surface area (Å²) in [5.41, 5.74) is 5.77. The van der Waals surface area contributed by atoms with Crippen molar-refractivity contribution < 1.29 is 9.84 Å². The van der Waals surface area contributed by atoms with Gasteiger partial charge in [-0.3, -0.25) is 0 Å². The summed E-state index contributed by atoms with van der Waals surface area (Å²) < 4.78 is 5.91. The highest BCUT2D eigenvalue weighted by Gasteiger charge is 2.29. The molecule has 1 saturated carbocycles. The molecule has 0 aromatic carbocycles. The lowest BCUT2D eigenvalue weighted by molar-refractivity contribution is -0.0597. The molecule has 15 heavy (non-hydrogen) atoms. The van der Waals surface area contributed by atoms with Crippen LogP contribution in [0.2, 0.25) is 0 Å². The van der Waals surface area contributed by atoms with Crippen molar-refractivity contribution >= 4 is 0 Å². The lowest BCUT2D eigenvalue weighted by atomic mass is 9.87. The third kappa shape index (κ3) is 4.49. The average molecular weight is 215 g/mol. The number of hydrogen-bond acceptors (Lipinski definition) is 3. The van der Waals surface area contributed by atoms with E-state index in [4.69, 9.17) is 15.6 Å². The number of aliphatic hydroxyl groups is 1. The minimum atomic E-state index is -0.0877. The number of nitrogens with two attached hydrogens (primary N) is 1. The maximum atomic E-state index is 8.74. The van der Waals surface area contributed by atoms with E-state index in [0.29, 0.717) is 13.2 Å². The third-order valence-corrected chi connectivity index (χ3v) is 3.35. The van der Waals surface area contributed by atoms with E-state index >= 15 is 0 Å². The average Bonchev–Trinajstić information content (AvgIpc) is 2.22. The highest BCUT2D eigenvalue weighted by Crippen LogP contribution is 2.28. The first-order chi connectivity index (χ1) is 7.33. The number of rotatable bonds is 5. The van der Waals surface area contributed by atoms with Gasteiger partial charge in [0, 0.05) is 19.8 Å². The second-order valence-electron chi connectivity index (χ2n) is 4.58. The predicted octanol–water partition coefficient (Wildman–Crippen LogP) is 1.83. The maximum Gasteiger partial charge on any atom is 0.0804 e. The molecule has 0 spiro atoms. The van der Waals surface area contributed by atoms with Crippen molar-refractivity contribution in [2.75, 3.05) is 19.8 Å². The molecule has 1 aliphatic carbocycles. The van der Waals surface area contributed by atoms with Gasteiger partial charge in [0.25, 0.3) is 0 Å². The third-order valence-electron chi connectivity index (χ3n) is 3.35. The van der Waals surface area contributed by atoms with Gasteiger partial charge in [-0.05, 0) is 19.3 Å². The smallest absolute Gasteiger partial charge is 0.0804 e. The predicted molar refractivity (Wildman–Crippen MR) is 61.8 cm³/mol. The van der Waals surface area contributed by atoms with Crippen molar-refractivity contribution in [2.45, 2.75) is 57.0 Å². The van der Waals surface area contributed by atoms with Gasteiger partial charge in [0.15, 0.2) is 0 Å². The van der Waals surface area contributed by atoms with Gasteiger partial charge in [0.1, 0.15) is 0 Å². The first kappa shape index (κ1) is 12.9. The molecule has 0 amide bonds. The molecule has 1 aliphatic rings. The fourth-order valence-electron chi connectivity index (χ4n) is 2.31. The Morgan fingerprint density at radius 1 is 1.07 bits per heavy atom. The van der Waals surface area contributed by atoms with Gasteiger partial charge in [-0.2, -0.15) is 0 Å². The van der Waals surface area contributed by atoms with Crippen LogP contribution in [0.1, 0.15) is 51.4 Å². The van der Waals surface area contributed by atoms with Crippen LogP contribution in [-0.2, 0) is 4.74 Å². The van der Waals surface area contributed by atoms with Crippen LogP contribution in [0.15, 0.2) is 0 Å². The summed E-state index contributed by atoms with van der Waals surface area (Å²) in [4.78, 5) is 0. The van der Waals surface area contributed by atoms with E-state index in [9.17, 15) is 0 Å². The molecule has 0 bridgehead atoms. The number of hydrogen-bond donors (Lipinski definition) is 2. The van der Waals surface area contributed by atoms with Crippen LogP contribution in [0.5, 0.6) is 0 Å². The second-order valence-corrected chi connectivity index (χ2v) is 4.58. The molecule has 0 radical (unpaired) electrons. The van der Waals surface area contributed by atoms with E-state index in [0.717, 1.165) is 19.3 Å². The van der Waals surface area contributed by atoms with E-state index in [1.807, 2.05) is 0 Å². The molecule has 0 aliphatic heterocycles. The topological polar surface area (TPSA) is 55.5 Å². The Bertz CT molecular complexity index is 154. The summed E-state index contributed by atoms with van der Waals surface area (Å²) in [5, 5.41) is 8.74. The number of aliphatic hydroxyl groups excluding tert-OH is 1. The van der Waals surface area contributed by atoms with E-state index in [1.165, 1.54) is 32.1 Å². The first-order valence-electron chi connectivity index (χ1n) is 6.28. The van der Waals surface area contributed by atoms with Gasteiger partial charge < -0.3 is 15.6 Å². The van der Waals surface area contributed by atoms with Crippen molar-refractivity contribution in [2.24, 2.45) is 5.73 Å². The minimum Gasteiger partial charge on any atom is -0.396 e. The van der Waals surface area contributed by atoms with E-state index in [2.05, 4.69) is 0 Å². The Morgan fingerprint density at radius 3 is 2.20 bits per heavy atom. The summed E-state index contributed by atoms with van der Waals surface area (Å²) in [6, 6.07) is 0. The molecule has 0 aromatic rings. The molecule has 1 rings (SSSR count). The molecule has 0 unspecified atom stereocenters. The van der Waals surface area contributed by atoms with Crippen molar-refractivity contribution in [3.8, 4) is 0 Å². The highest BCUT2D eigenvalue weighted by molar-refractivity contribution is 4.83. The zero-order valence-corrected chi connectivity index (χ0v) is 9.71. The molecular weight excluding hydrogens is 190 g/mol. The Balaban J connectivity index is 2.39. The lowest BCUT2D eigenvalue weighted by Gasteiger charge is -2.34. The van der Waals surface area contributed by atoms with Crippen molar-refractivity contribution in [1.82, 2.24) is 0 Å². The van der Waals surface area contributed by atoms with Crippen molar-refractivity contribution in [1.29, 1.82) is 0 Å². The van der Waals surface area contributed by atoms with Crippen LogP contribution >= 0.6 is 0 Å². The van der Waals surface area contributed by atoms with Crippen LogP contribution in [-0.4, -0.2) is 30.5 Å². The van der Waals surface area contributed by atoms with Gasteiger partial charge >= 0.3 is 0 Å². The zero-order chi connectivity index (χ0) is 11.0. The van der Waals surface area contributed by atoms with Gasteiger partial charge in [0.2, 0.25) is 0 Å². The molecule has 3 nitrogen and oxygen atoms in total. The van der Waals surface area contributed by atoms with Crippen LogP contribution in [0.4, 0.5) is 0 Å². The zero-order valence-electron chi connectivity index (χ0n) is 9.71. The van der Waals surface area contributed by atoms with E-state index in [1.54, 1.807) is 0 Å². The highest BCUT2D eigenvalue weighted by atomic mass is 16.5. The van der Waals surface area contributed by atoms with Gasteiger partial charge in [-0.15, -0.1) is 0 Å². The maximum absolute atomic E-state index is 8.74. The fourth-order valence-corrected chi connectivity index (χ4v) is 2.31. The van der Waals surface area contributed by atoms with Crippen LogP contribution in [0.3, 0.4) is 0 Å². The molecule has 3 heteroatoms. The van der Waals surface area contributed by atoms with Gasteiger partial charge in [-0.25, -0.2) is 0 Å². The number of ether oxygens (including phenoxy) is 1. The summed E-state index contributed by atoms with van der Waals surface area (Å²) in [5.74, 6) is 0. The largest absolute Gasteiger partial charge is 0.396 e. The molecule has 3 N–H and O–H groups in total. The molecule has 0 saturated heterocycles. The Kier molecular flexibility index (Phi) is 6.22. The monoisotopic (exact) mass is 215 g/mol. The Morgan fingerprint density at radius 2 is 1.67 bits per heavy atom. The standard InChI is InChI=1S/C12H25NO2/c13-11-12(15-10-6-9-14)7-4-2-1-3-5-8-12/h14H,1-11,13H2. The Hall–Kier alpha value is -0.120. The molecule has 1 fully saturated rings. The quantitative estimate of drug-likeness (QED) is 0.688. The molecule has 0 aromatic heterocycles. The van der Waals surface area contributed by atoms with Gasteiger partial charge in [0.05, 0.1) is 5.60 Å². The van der Waals surface area contributed by atoms with Crippen molar-refractivity contribution in [3.05, 3.63) is 0 Å². The second kappa shape index (κ2) is 7.20. The molecular formula is C12H25NO2. The summed E-state index contributed by atoms with van der Waals surface area (Å²) in [7, 11) is 0. The minimum absolute atomic E-state index is 0.0877. The Labute approximate surface area is 93.0 Å². The SMILES string of the molecule is NCC1(OCCCO)CCCCCCC1. The van der Waals surface area contributed by atoms with E-state index < -0.39 is 0 Å². The molecule has 0 heterocycles. The first-order valence-corrected chi connectivity index (χ1v) is 6.28. The van der Waals surface area contributed by atoms with Crippen molar-refractivity contribution in [3.63, 3.8) is 0 Å². The van der Waals surface area contributed by atoms with Crippen LogP contribution in [0.25, 0.3) is 0 Å². The normalized spacial score (nSPS) is 22.0. The van der Waals surface area contributed by atoms with E-state index in [-0.39, 0.29) is 12.2 Å². The molecule has 90 valence electrons. The summed E-state index contributed by atoms with van der Waals surface area (Å²) in [6.45, 7) is 1.48. The van der Waals surface area contributed by atoms with Crippen LogP contribution < -0.4 is 5.73 Å².